The van der Waals surface area contributed by atoms with Gasteiger partial charge in [-0.1, -0.05) is 358 Å². The molecule has 3 nitrogen and oxygen atoms in total. The summed E-state index contributed by atoms with van der Waals surface area (Å²) in [4.78, 5) is 5.98. The fraction of sp³-hybridized carbons (Fsp3) is 0.00769. The van der Waals surface area contributed by atoms with Crippen LogP contribution in [0.2, 0.25) is 0 Å². The van der Waals surface area contributed by atoms with Crippen LogP contribution in [0.15, 0.2) is 461 Å². The van der Waals surface area contributed by atoms with E-state index in [1.165, 1.54) is 155 Å². The van der Waals surface area contributed by atoms with Gasteiger partial charge in [-0.2, -0.15) is 0 Å². The van der Waals surface area contributed by atoms with Gasteiger partial charge in [0, 0.05) is 115 Å². The third kappa shape index (κ3) is 11.8. The lowest BCUT2D eigenvalue weighted by molar-refractivity contribution is 0.436. The number of benzene rings is 22. The van der Waals surface area contributed by atoms with Crippen LogP contribution in [0.4, 0.5) is 0 Å². The maximum atomic E-state index is 7.02. The first kappa shape index (κ1) is 76.9. The van der Waals surface area contributed by atoms with Crippen molar-refractivity contribution in [3.63, 3.8) is 0 Å². The topological polar surface area (TPSA) is 27.1 Å². The van der Waals surface area contributed by atoms with Crippen molar-refractivity contribution < 1.29 is 4.74 Å². The van der Waals surface area contributed by atoms with E-state index in [9.17, 15) is 0 Å². The number of fused-ring (bicyclic) bond motifs is 27. The molecule has 0 saturated heterocycles. The van der Waals surface area contributed by atoms with Crippen molar-refractivity contribution in [2.24, 2.45) is 0 Å². The van der Waals surface area contributed by atoms with E-state index in [1.54, 1.807) is 0 Å². The molecule has 29 rings (SSSR count). The minimum Gasteiger partial charge on any atom is -0.457 e. The first-order chi connectivity index (χ1) is 67.4. The van der Waals surface area contributed by atoms with Gasteiger partial charge in [-0.3, -0.25) is 0 Å². The van der Waals surface area contributed by atoms with Crippen molar-refractivity contribution >= 4 is 160 Å². The Bertz CT molecular complexity index is 9600. The van der Waals surface area contributed by atoms with Gasteiger partial charge in [-0.25, -0.2) is 4.98 Å². The van der Waals surface area contributed by atoms with Crippen molar-refractivity contribution in [2.75, 3.05) is 0 Å². The third-order valence-electron chi connectivity index (χ3n) is 29.2. The number of para-hydroxylation sites is 3. The molecule has 27 aromatic rings. The molecule has 0 unspecified atom stereocenters. The number of ether oxygens (including phenoxy) is 1. The Morgan fingerprint density at radius 1 is 0.199 bits per heavy atom. The highest BCUT2D eigenvalue weighted by molar-refractivity contribution is 7.27. The second-order valence-corrected chi connectivity index (χ2v) is 39.6. The molecule has 0 amide bonds. The summed E-state index contributed by atoms with van der Waals surface area (Å²) in [5, 5.41) is 16.8. The second-order valence-electron chi connectivity index (χ2n) is 36.5. The van der Waals surface area contributed by atoms with Crippen LogP contribution in [0.25, 0.3) is 254 Å². The largest absolute Gasteiger partial charge is 0.457 e. The smallest absolute Gasteiger partial charge is 0.132 e. The van der Waals surface area contributed by atoms with Crippen LogP contribution in [0.1, 0.15) is 22.3 Å². The Hall–Kier alpha value is -16.7. The molecule has 0 N–H and O–H groups in total. The van der Waals surface area contributed by atoms with Crippen LogP contribution in [0.5, 0.6) is 11.5 Å². The Balaban J connectivity index is 0.570. The Morgan fingerprint density at radius 2 is 0.618 bits per heavy atom. The third-order valence-corrected chi connectivity index (χ3v) is 32.9. The number of nitrogens with zero attached hydrogens (tertiary/aromatic N) is 2. The highest BCUT2D eigenvalue weighted by Gasteiger charge is 2.52. The van der Waals surface area contributed by atoms with Crippen LogP contribution in [0.3, 0.4) is 0 Å². The summed E-state index contributed by atoms with van der Waals surface area (Å²) in [6, 6.07) is 173. The molecular formula is C130H76N2OS3. The van der Waals surface area contributed by atoms with Crippen molar-refractivity contribution in [1.82, 2.24) is 9.55 Å². The lowest BCUT2D eigenvalue weighted by Crippen LogP contribution is -2.32. The molecule has 0 bridgehead atoms. The zero-order valence-electron chi connectivity index (χ0n) is 73.4. The monoisotopic (exact) mass is 1780 g/mol. The fourth-order valence-corrected chi connectivity index (χ4v) is 26.7. The van der Waals surface area contributed by atoms with Gasteiger partial charge < -0.3 is 9.30 Å². The molecule has 5 aromatic heterocycles. The number of hydrogen-bond acceptors (Lipinski definition) is 5. The summed E-state index contributed by atoms with van der Waals surface area (Å²) in [7, 11) is 0. The summed E-state index contributed by atoms with van der Waals surface area (Å²) in [6.07, 6.45) is 0. The first-order valence-corrected chi connectivity index (χ1v) is 49.1. The van der Waals surface area contributed by atoms with Crippen molar-refractivity contribution in [3.05, 3.63) is 483 Å². The van der Waals surface area contributed by atoms with Crippen molar-refractivity contribution in [2.45, 2.75) is 5.41 Å². The molecule has 22 aromatic carbocycles. The molecule has 0 saturated carbocycles. The number of hydrogen-bond donors (Lipinski definition) is 0. The molecule has 1 aliphatic carbocycles. The van der Waals surface area contributed by atoms with E-state index in [2.05, 4.69) is 466 Å². The van der Waals surface area contributed by atoms with Crippen LogP contribution in [-0.4, -0.2) is 9.55 Å². The Kier molecular flexibility index (Phi) is 17.1. The van der Waals surface area contributed by atoms with E-state index in [-0.39, 0.29) is 0 Å². The van der Waals surface area contributed by atoms with Crippen LogP contribution < -0.4 is 4.74 Å². The van der Waals surface area contributed by atoms with Gasteiger partial charge >= 0.3 is 0 Å². The van der Waals surface area contributed by atoms with Gasteiger partial charge in [-0.05, 0) is 242 Å². The normalized spacial score (nSPS) is 12.7. The van der Waals surface area contributed by atoms with Gasteiger partial charge in [0.05, 0.1) is 27.5 Å². The predicted molar refractivity (Wildman–Crippen MR) is 579 cm³/mol. The maximum Gasteiger partial charge on any atom is 0.132 e. The van der Waals surface area contributed by atoms with Crippen molar-refractivity contribution in [1.29, 1.82) is 0 Å². The Morgan fingerprint density at radius 3 is 1.26 bits per heavy atom. The number of pyridine rings is 1. The molecule has 0 fully saturated rings. The number of aromatic nitrogens is 2. The van der Waals surface area contributed by atoms with E-state index in [1.807, 2.05) is 34.0 Å². The summed E-state index contributed by atoms with van der Waals surface area (Å²) >= 11 is 5.70. The standard InChI is InChI=1S/C130H76N2OS3/c1-3-23-77(24-4-1)79-47-49-81(50-48-79)86-59-62-98-111-75-108(109(83-53-51-80(52-54-83)78-25-5-2-6-26-78)76-116(111)130(115(98)73-86)113-40-12-15-43-119(113)133-120-44-16-13-41-114(120)130)88-56-55-84-58-65-107-124(106-64-57-82-27-7-8-30-94(82)125(106)131-126(107)110(84)72-88)89-28-19-29-93(70-89)132-117-42-14-9-31-99(117)112-71-85(61-66-118(112)132)87-60-63-102-105-39-22-36-97(129(105)136-123(102)74-87)92-68-90(95-34-20-37-103-100-32-10-17-45-121(100)134-127(95)103)67-91(69-92)96-35-21-38-104-101-33-11-18-46-122(101)135-128(96)104/h1-76H. The minimum atomic E-state index is -0.760. The minimum absolute atomic E-state index is 0.760. The molecular weight excluding hydrogens is 1700 g/mol. The van der Waals surface area contributed by atoms with Crippen molar-refractivity contribution in [3.8, 4) is 140 Å². The fourth-order valence-electron chi connectivity index (χ4n) is 23.0. The maximum absolute atomic E-state index is 7.02. The van der Waals surface area contributed by atoms with E-state index in [0.717, 1.165) is 133 Å². The van der Waals surface area contributed by atoms with Gasteiger partial charge in [0.25, 0.3) is 0 Å². The summed E-state index contributed by atoms with van der Waals surface area (Å²) < 4.78 is 17.3. The van der Waals surface area contributed by atoms with Gasteiger partial charge in [0.2, 0.25) is 0 Å². The van der Waals surface area contributed by atoms with Crippen LogP contribution >= 0.6 is 34.0 Å². The molecule has 136 heavy (non-hydrogen) atoms. The Labute approximate surface area is 795 Å². The quantitative estimate of drug-likeness (QED) is 0.0953. The summed E-state index contributed by atoms with van der Waals surface area (Å²) in [5.41, 5.74) is 35.2. The lowest BCUT2D eigenvalue weighted by atomic mass is 9.65. The van der Waals surface area contributed by atoms with E-state index in [4.69, 9.17) is 9.72 Å². The molecule has 6 heterocycles. The molecule has 0 radical (unpaired) electrons. The highest BCUT2D eigenvalue weighted by atomic mass is 32.1. The second kappa shape index (κ2) is 30.2. The van der Waals surface area contributed by atoms with E-state index < -0.39 is 5.41 Å². The average molecular weight is 1780 g/mol. The van der Waals surface area contributed by atoms with Gasteiger partial charge in [0.15, 0.2) is 0 Å². The molecule has 630 valence electrons. The summed E-state index contributed by atoms with van der Waals surface area (Å²) in [6.45, 7) is 0. The zero-order valence-corrected chi connectivity index (χ0v) is 75.9. The van der Waals surface area contributed by atoms with Gasteiger partial charge in [0.1, 0.15) is 11.5 Å². The molecule has 2 aliphatic rings. The van der Waals surface area contributed by atoms with Gasteiger partial charge in [-0.15, -0.1) is 34.0 Å². The molecule has 0 atom stereocenters. The lowest BCUT2D eigenvalue weighted by Gasteiger charge is -2.39. The van der Waals surface area contributed by atoms with Crippen LogP contribution in [0, 0.1) is 0 Å². The van der Waals surface area contributed by atoms with E-state index in [0.29, 0.717) is 0 Å². The predicted octanol–water partition coefficient (Wildman–Crippen LogP) is 37.0. The number of thiophene rings is 3. The molecule has 6 heteroatoms. The molecule has 1 aliphatic heterocycles. The highest BCUT2D eigenvalue weighted by Crippen LogP contribution is 2.64. The van der Waals surface area contributed by atoms with E-state index >= 15 is 0 Å². The molecule has 1 spiro atoms. The summed E-state index contributed by atoms with van der Waals surface area (Å²) in [5.74, 6) is 1.71. The first-order valence-electron chi connectivity index (χ1n) is 46.6. The number of rotatable bonds is 11. The zero-order chi connectivity index (χ0) is 89.0. The SMILES string of the molecule is c1ccc(-c2ccc(-c3ccc4c(c3)C3(c5ccccc5Oc5ccccc53)c3cc(-c5ccc(-c6ccccc6)cc5)c(-c5ccc6ccc7c(-c8cccc(-n9c%10ccccc%10c%10cc(-c%11ccc%12c(c%11)sc%11c(-c%13cc(-c%14cccc%15c%14sc%14ccccc%14%15)cc(-c%14cccc%15c%14sc%14ccccc%14%15)c%13)cccc%11%12)ccc%109)c8)c8ccc9ccccc9c8nc7c6c5)cc3-4)cc2)cc1. The van der Waals surface area contributed by atoms with Crippen LogP contribution in [-0.2, 0) is 5.41 Å². The average Bonchev–Trinajstić information content (AvgIpc) is 1.50.